The number of carbonyl (C=O) groups excluding carboxylic acids is 1. The fraction of sp³-hybridized carbons (Fsp3) is 0.857. The molecule has 110 valence electrons. The van der Waals surface area contributed by atoms with E-state index in [1.807, 2.05) is 13.8 Å². The molecule has 0 spiro atoms. The van der Waals surface area contributed by atoms with Gasteiger partial charge in [-0.25, -0.2) is 4.79 Å². The first-order valence-corrected chi connectivity index (χ1v) is 7.17. The van der Waals surface area contributed by atoms with Crippen LogP contribution in [-0.4, -0.2) is 58.5 Å². The lowest BCUT2D eigenvalue weighted by Gasteiger charge is -2.40. The Kier molecular flexibility index (Phi) is 5.79. The third-order valence-electron chi connectivity index (χ3n) is 4.01. The lowest BCUT2D eigenvalue weighted by atomic mass is 9.88. The van der Waals surface area contributed by atoms with Crippen molar-refractivity contribution < 1.29 is 14.7 Å². The van der Waals surface area contributed by atoms with Gasteiger partial charge in [0.05, 0.1) is 0 Å². The van der Waals surface area contributed by atoms with Gasteiger partial charge < -0.3 is 14.9 Å². The zero-order valence-electron chi connectivity index (χ0n) is 12.3. The second-order valence-corrected chi connectivity index (χ2v) is 5.64. The van der Waals surface area contributed by atoms with Gasteiger partial charge in [0.2, 0.25) is 6.41 Å². The maximum absolute atomic E-state index is 11.8. The molecule has 0 radical (unpaired) electrons. The molecule has 5 heteroatoms. The molecule has 0 saturated carbocycles. The van der Waals surface area contributed by atoms with E-state index in [-0.39, 0.29) is 6.04 Å². The highest BCUT2D eigenvalue weighted by atomic mass is 16.4. The summed E-state index contributed by atoms with van der Waals surface area (Å²) in [5.41, 5.74) is -1.03. The van der Waals surface area contributed by atoms with Crippen LogP contribution in [0.4, 0.5) is 0 Å². The summed E-state index contributed by atoms with van der Waals surface area (Å²) in [6, 6.07) is -0.0914. The second-order valence-electron chi connectivity index (χ2n) is 5.64. The van der Waals surface area contributed by atoms with Crippen LogP contribution in [0.5, 0.6) is 0 Å². The molecular weight excluding hydrogens is 244 g/mol. The Bertz CT molecular complexity index is 320. The summed E-state index contributed by atoms with van der Waals surface area (Å²) < 4.78 is 0. The van der Waals surface area contributed by atoms with Gasteiger partial charge in [0.15, 0.2) is 0 Å². The molecule has 0 bridgehead atoms. The topological polar surface area (TPSA) is 60.9 Å². The van der Waals surface area contributed by atoms with E-state index >= 15 is 0 Å². The molecular formula is C14H26N2O3. The van der Waals surface area contributed by atoms with Crippen LogP contribution in [-0.2, 0) is 9.59 Å². The Morgan fingerprint density at radius 1 is 1.42 bits per heavy atom. The molecule has 1 aliphatic heterocycles. The van der Waals surface area contributed by atoms with Crippen molar-refractivity contribution in [2.45, 2.75) is 58.0 Å². The Labute approximate surface area is 115 Å². The summed E-state index contributed by atoms with van der Waals surface area (Å²) >= 11 is 0. The zero-order valence-corrected chi connectivity index (χ0v) is 12.3. The van der Waals surface area contributed by atoms with E-state index in [1.54, 1.807) is 0 Å². The highest BCUT2D eigenvalue weighted by Gasteiger charge is 2.45. The first-order chi connectivity index (χ1) is 8.97. The largest absolute Gasteiger partial charge is 0.479 e. The number of amides is 1. The molecule has 1 saturated heterocycles. The predicted molar refractivity (Wildman–Crippen MR) is 74.0 cm³/mol. The van der Waals surface area contributed by atoms with Gasteiger partial charge in [0.1, 0.15) is 5.54 Å². The highest BCUT2D eigenvalue weighted by molar-refractivity contribution is 5.81. The average Bonchev–Trinajstić information content (AvgIpc) is 2.54. The normalized spacial score (nSPS) is 25.1. The van der Waals surface area contributed by atoms with E-state index in [2.05, 4.69) is 11.8 Å². The monoisotopic (exact) mass is 270 g/mol. The van der Waals surface area contributed by atoms with Gasteiger partial charge in [-0.15, -0.1) is 0 Å². The Balaban J connectivity index is 2.94. The van der Waals surface area contributed by atoms with Crippen molar-refractivity contribution in [3.8, 4) is 0 Å². The van der Waals surface area contributed by atoms with E-state index in [9.17, 15) is 14.7 Å². The van der Waals surface area contributed by atoms with Crippen LogP contribution >= 0.6 is 0 Å². The molecule has 1 heterocycles. The van der Waals surface area contributed by atoms with E-state index in [0.29, 0.717) is 19.3 Å². The first kappa shape index (κ1) is 16.0. The van der Waals surface area contributed by atoms with Crippen molar-refractivity contribution in [2.24, 2.45) is 0 Å². The Hall–Kier alpha value is -1.10. The fourth-order valence-corrected chi connectivity index (χ4v) is 3.01. The molecule has 0 aromatic rings. The molecule has 1 rings (SSSR count). The number of carboxylic acids is 1. The van der Waals surface area contributed by atoms with Gasteiger partial charge in [0, 0.05) is 12.6 Å². The minimum atomic E-state index is -1.03. The average molecular weight is 270 g/mol. The first-order valence-electron chi connectivity index (χ1n) is 7.17. The molecule has 1 atom stereocenters. The van der Waals surface area contributed by atoms with Crippen LogP contribution in [0.25, 0.3) is 0 Å². The van der Waals surface area contributed by atoms with Crippen LogP contribution in [0, 0.1) is 0 Å². The Morgan fingerprint density at radius 3 is 2.58 bits per heavy atom. The molecule has 1 amide bonds. The van der Waals surface area contributed by atoms with Crippen molar-refractivity contribution in [3.63, 3.8) is 0 Å². The summed E-state index contributed by atoms with van der Waals surface area (Å²) in [6.07, 6.45) is 3.65. The molecule has 1 N–H and O–H groups in total. The van der Waals surface area contributed by atoms with Crippen molar-refractivity contribution in [3.05, 3.63) is 0 Å². The molecule has 0 aliphatic carbocycles. The van der Waals surface area contributed by atoms with Gasteiger partial charge in [-0.05, 0) is 52.6 Å². The Morgan fingerprint density at radius 2 is 2.11 bits per heavy atom. The molecule has 0 aromatic heterocycles. The standard InChI is InChI=1S/C14H26N2O3/c1-4-8-15-9-5-6-14(7-10-15,13(18)19)16(11-17)12(2)3/h11-12H,4-10H2,1-3H3,(H,18,19). The number of hydrogen-bond acceptors (Lipinski definition) is 3. The minimum absolute atomic E-state index is 0.0914. The van der Waals surface area contributed by atoms with E-state index < -0.39 is 11.5 Å². The van der Waals surface area contributed by atoms with E-state index in [0.717, 1.165) is 32.5 Å². The SMILES string of the molecule is CCCN1CCCC(C(=O)O)(N(C=O)C(C)C)CC1. The van der Waals surface area contributed by atoms with Crippen molar-refractivity contribution in [2.75, 3.05) is 19.6 Å². The maximum Gasteiger partial charge on any atom is 0.329 e. The molecule has 1 unspecified atom stereocenters. The van der Waals surface area contributed by atoms with E-state index in [1.165, 1.54) is 4.90 Å². The number of aliphatic carboxylic acids is 1. The lowest BCUT2D eigenvalue weighted by Crippen LogP contribution is -2.57. The van der Waals surface area contributed by atoms with Crippen LogP contribution < -0.4 is 0 Å². The minimum Gasteiger partial charge on any atom is -0.479 e. The predicted octanol–water partition coefficient (Wildman–Crippen LogP) is 1.57. The second kappa shape index (κ2) is 6.89. The molecule has 1 aliphatic rings. The van der Waals surface area contributed by atoms with E-state index in [4.69, 9.17) is 0 Å². The third-order valence-corrected chi connectivity index (χ3v) is 4.01. The summed E-state index contributed by atoms with van der Waals surface area (Å²) in [7, 11) is 0. The van der Waals surface area contributed by atoms with Crippen molar-refractivity contribution in [1.82, 2.24) is 9.80 Å². The lowest BCUT2D eigenvalue weighted by molar-refractivity contribution is -0.158. The molecule has 19 heavy (non-hydrogen) atoms. The van der Waals surface area contributed by atoms with Crippen LogP contribution in [0.3, 0.4) is 0 Å². The third kappa shape index (κ3) is 3.47. The van der Waals surface area contributed by atoms with Gasteiger partial charge in [-0.2, -0.15) is 0 Å². The van der Waals surface area contributed by atoms with Gasteiger partial charge in [0.25, 0.3) is 0 Å². The van der Waals surface area contributed by atoms with Crippen molar-refractivity contribution in [1.29, 1.82) is 0 Å². The van der Waals surface area contributed by atoms with Gasteiger partial charge >= 0.3 is 5.97 Å². The van der Waals surface area contributed by atoms with Gasteiger partial charge in [-0.1, -0.05) is 6.92 Å². The number of carbonyl (C=O) groups is 2. The van der Waals surface area contributed by atoms with Crippen LogP contribution in [0.1, 0.15) is 46.5 Å². The summed E-state index contributed by atoms with van der Waals surface area (Å²) in [5.74, 6) is -0.869. The smallest absolute Gasteiger partial charge is 0.329 e. The molecule has 1 fully saturated rings. The van der Waals surface area contributed by atoms with Crippen molar-refractivity contribution >= 4 is 12.4 Å². The number of rotatable bonds is 6. The number of likely N-dealkylation sites (tertiary alicyclic amines) is 1. The summed E-state index contributed by atoms with van der Waals surface area (Å²) in [6.45, 7) is 8.53. The highest BCUT2D eigenvalue weighted by Crippen LogP contribution is 2.30. The maximum atomic E-state index is 11.8. The summed E-state index contributed by atoms with van der Waals surface area (Å²) in [4.78, 5) is 26.9. The molecule has 5 nitrogen and oxygen atoms in total. The quantitative estimate of drug-likeness (QED) is 0.744. The van der Waals surface area contributed by atoms with Crippen LogP contribution in [0.2, 0.25) is 0 Å². The molecule has 0 aromatic carbocycles. The fourth-order valence-electron chi connectivity index (χ4n) is 3.01. The summed E-state index contributed by atoms with van der Waals surface area (Å²) in [5, 5.41) is 9.66. The number of nitrogens with zero attached hydrogens (tertiary/aromatic N) is 2. The zero-order chi connectivity index (χ0) is 14.5. The number of carboxylic acid groups (broad SMARTS) is 1. The van der Waals surface area contributed by atoms with Crippen LogP contribution in [0.15, 0.2) is 0 Å². The number of hydrogen-bond donors (Lipinski definition) is 1. The van der Waals surface area contributed by atoms with Gasteiger partial charge in [-0.3, -0.25) is 4.79 Å².